The van der Waals surface area contributed by atoms with Gasteiger partial charge in [-0.2, -0.15) is 0 Å². The van der Waals surface area contributed by atoms with Gasteiger partial charge in [-0.05, 0) is 11.0 Å². The van der Waals surface area contributed by atoms with Crippen molar-refractivity contribution in [3.05, 3.63) is 0 Å². The second kappa shape index (κ2) is 49.9. The third-order valence-corrected chi connectivity index (χ3v) is 0. The molecule has 0 saturated heterocycles. The molecule has 0 N–H and O–H groups in total. The van der Waals surface area contributed by atoms with Crippen LogP contribution >= 0.6 is 0 Å². The van der Waals surface area contributed by atoms with Crippen LogP contribution in [-0.4, -0.2) is 28.3 Å². The molecule has 0 aliphatic carbocycles. The average molecular weight is 665 g/mol. The summed E-state index contributed by atoms with van der Waals surface area (Å²) in [4.78, 5) is 0. The quantitative estimate of drug-likeness (QED) is 0.249. The maximum Gasteiger partial charge on any atom is 0.187 e. The smallest absolute Gasteiger partial charge is 0.0149 e. The minimum atomic E-state index is 0. The topological polar surface area (TPSA) is 0 Å². The van der Waals surface area contributed by atoms with Gasteiger partial charge in [-0.3, -0.25) is 0 Å². The molecule has 3 radical (unpaired) electrons. The fraction of sp³-hybridized carbons (Fsp3) is 0. The van der Waals surface area contributed by atoms with Crippen LogP contribution in [0.2, 0.25) is 0 Å². The van der Waals surface area contributed by atoms with E-state index in [0.717, 1.165) is 0 Å². The summed E-state index contributed by atoms with van der Waals surface area (Å²) in [5.74, 6) is 0. The van der Waals surface area contributed by atoms with Crippen molar-refractivity contribution >= 4 is 28.3 Å². The van der Waals surface area contributed by atoms with E-state index >= 15 is 0 Å². The van der Waals surface area contributed by atoms with Gasteiger partial charge in [-0.1, -0.05) is 0 Å². The molecule has 8 heavy (non-hydrogen) atoms. The van der Waals surface area contributed by atoms with Gasteiger partial charge in [0.15, 0.2) is 17.4 Å². The summed E-state index contributed by atoms with van der Waals surface area (Å²) in [6.45, 7) is 0. The van der Waals surface area contributed by atoms with Gasteiger partial charge in [0.25, 0.3) is 0 Å². The molecule has 0 amide bonds. The number of hydrogen-bond acceptors (Lipinski definition) is 0. The van der Waals surface area contributed by atoms with Crippen LogP contribution in [0.3, 0.4) is 0 Å². The normalized spacial score (nSPS) is 0. The summed E-state index contributed by atoms with van der Waals surface area (Å²) in [6, 6.07) is 0. The van der Waals surface area contributed by atoms with E-state index in [-0.39, 0.29) is 205 Å². The van der Waals surface area contributed by atoms with E-state index in [9.17, 15) is 0 Å². The van der Waals surface area contributed by atoms with E-state index in [4.69, 9.17) is 0 Å². The standard InChI is InChI=1S/Al.Fe.Mn.Nd.Pr.H4Si.Tb.Ti.3H/h;;;;;1H4;;;;;. The summed E-state index contributed by atoms with van der Waals surface area (Å²) < 4.78 is 0. The molecule has 49 valence electrons. The Balaban J connectivity index is 0. The summed E-state index contributed by atoms with van der Waals surface area (Å²) in [5, 5.41) is 0. The predicted octanol–water partition coefficient (Wildman–Crippen LogP) is -2.64. The SMILES string of the molecule is [AlH3].[Fe].[Mn].[Nd].[Pr].[SiH4].[Tb].[Ti]. The summed E-state index contributed by atoms with van der Waals surface area (Å²) in [6.07, 6.45) is 0. The molecular weight excluding hydrogens is 658 g/mol. The van der Waals surface area contributed by atoms with Crippen LogP contribution in [0.15, 0.2) is 0 Å². The van der Waals surface area contributed by atoms with Crippen molar-refractivity contribution in [3.63, 3.8) is 0 Å². The summed E-state index contributed by atoms with van der Waals surface area (Å²) in [7, 11) is 0. The molecule has 0 aliphatic rings. The van der Waals surface area contributed by atoms with E-state index in [1.54, 1.807) is 0 Å². The Kier molecular flexibility index (Phi) is 390. The molecule has 0 aromatic carbocycles. The van der Waals surface area contributed by atoms with Crippen molar-refractivity contribution in [1.29, 1.82) is 0 Å². The van der Waals surface area contributed by atoms with Crippen LogP contribution < -0.4 is 0 Å². The van der Waals surface area contributed by atoms with E-state index in [1.807, 2.05) is 0 Å². The molecule has 0 heterocycles. The van der Waals surface area contributed by atoms with Crippen molar-refractivity contribution in [2.24, 2.45) is 0 Å². The Bertz CT molecular complexity index is 24.0. The second-order valence-corrected chi connectivity index (χ2v) is 0. The van der Waals surface area contributed by atoms with Gasteiger partial charge < -0.3 is 0 Å². The van der Waals surface area contributed by atoms with E-state index in [1.165, 1.54) is 0 Å². The Morgan fingerprint density at radius 3 is 1.00 bits per heavy atom. The molecule has 0 bridgehead atoms. The molecule has 0 aromatic rings. The van der Waals surface area contributed by atoms with Gasteiger partial charge in [0, 0.05) is 177 Å². The fourth-order valence-electron chi connectivity index (χ4n) is 0. The summed E-state index contributed by atoms with van der Waals surface area (Å²) in [5.41, 5.74) is 0. The minimum absolute atomic E-state index is 0. The molecule has 0 spiro atoms. The average Bonchev–Trinajstić information content (AvgIpc) is 0. The van der Waals surface area contributed by atoms with Crippen LogP contribution in [0.4, 0.5) is 0 Å². The second-order valence-electron chi connectivity index (χ2n) is 0. The van der Waals surface area contributed by atoms with Gasteiger partial charge in [0.05, 0.1) is 0 Å². The van der Waals surface area contributed by atoms with E-state index < -0.39 is 0 Å². The van der Waals surface area contributed by atoms with E-state index in [2.05, 4.69) is 0 Å². The van der Waals surface area contributed by atoms with Crippen LogP contribution in [0.25, 0.3) is 0 Å². The molecule has 0 aliphatic heterocycles. The third-order valence-electron chi connectivity index (χ3n) is 0. The third kappa shape index (κ3) is 39.1. The van der Waals surface area contributed by atoms with Crippen molar-refractivity contribution in [3.8, 4) is 0 Å². The van der Waals surface area contributed by atoms with Crippen LogP contribution in [0, 0.1) is 121 Å². The first-order valence-electron chi connectivity index (χ1n) is 0. The Morgan fingerprint density at radius 2 is 1.00 bits per heavy atom. The molecular formula is H7AlFeMnNdPrSiTbTi. The zero-order valence-corrected chi connectivity index (χ0v) is 15.5. The van der Waals surface area contributed by atoms with Gasteiger partial charge >= 0.3 is 0 Å². The van der Waals surface area contributed by atoms with Crippen molar-refractivity contribution in [2.75, 3.05) is 0 Å². The Labute approximate surface area is 199 Å². The first kappa shape index (κ1) is 62.5. The molecule has 0 atom stereocenters. The first-order valence-corrected chi connectivity index (χ1v) is 0. The van der Waals surface area contributed by atoms with Crippen LogP contribution in [0.1, 0.15) is 0 Å². The zero-order chi connectivity index (χ0) is 0. The van der Waals surface area contributed by atoms with Gasteiger partial charge in [-0.25, -0.2) is 0 Å². The van der Waals surface area contributed by atoms with Crippen LogP contribution in [0.5, 0.6) is 0 Å². The monoisotopic (exact) mass is 663 g/mol. The number of rotatable bonds is 0. The Morgan fingerprint density at radius 1 is 1.00 bits per heavy atom. The van der Waals surface area contributed by atoms with Gasteiger partial charge in [0.2, 0.25) is 0 Å². The maximum absolute atomic E-state index is 0. The molecule has 0 unspecified atom stereocenters. The largest absolute Gasteiger partial charge is 0.187 e. The van der Waals surface area contributed by atoms with Gasteiger partial charge in [-0.15, -0.1) is 0 Å². The van der Waals surface area contributed by atoms with Gasteiger partial charge in [0.1, 0.15) is 0 Å². The summed E-state index contributed by atoms with van der Waals surface area (Å²) >= 11 is 0. The van der Waals surface area contributed by atoms with Crippen molar-refractivity contribution in [1.82, 2.24) is 0 Å². The van der Waals surface area contributed by atoms with Crippen molar-refractivity contribution in [2.45, 2.75) is 0 Å². The number of hydrogen-bond donors (Lipinski definition) is 0. The Hall–Kier alpha value is 6.50. The zero-order valence-electron chi connectivity index (χ0n) is 2.64. The first-order chi connectivity index (χ1) is 0. The van der Waals surface area contributed by atoms with Crippen molar-refractivity contribution < 1.29 is 177 Å². The van der Waals surface area contributed by atoms with E-state index in [0.29, 0.717) is 0 Å². The molecule has 8 heteroatoms. The molecule has 0 fully saturated rings. The fourth-order valence-corrected chi connectivity index (χ4v) is 0. The molecule has 0 nitrogen and oxygen atoms in total. The maximum atomic E-state index is 0. The molecule has 0 saturated carbocycles. The predicted molar refractivity (Wildman–Crippen MR) is 21.3 cm³/mol. The van der Waals surface area contributed by atoms with Crippen LogP contribution in [-0.2, 0) is 55.9 Å². The molecule has 0 rings (SSSR count). The molecule has 0 aromatic heterocycles. The minimum Gasteiger partial charge on any atom is -0.0149 e.